The molecule has 0 saturated carbocycles. The lowest BCUT2D eigenvalue weighted by atomic mass is 10.0. The van der Waals surface area contributed by atoms with Crippen molar-refractivity contribution < 1.29 is 4.39 Å². The van der Waals surface area contributed by atoms with Crippen LogP contribution < -0.4 is 0 Å². The SMILES string of the molecule is Cc1cc(C(Br)c2ccc(Br)cc2)c(Cl)cc1F. The maximum absolute atomic E-state index is 13.4. The molecule has 0 N–H and O–H groups in total. The van der Waals surface area contributed by atoms with Crippen LogP contribution in [0.3, 0.4) is 0 Å². The summed E-state index contributed by atoms with van der Waals surface area (Å²) >= 11 is 13.1. The Labute approximate surface area is 127 Å². The van der Waals surface area contributed by atoms with Crippen LogP contribution >= 0.6 is 43.5 Å². The largest absolute Gasteiger partial charge is 0.207 e. The van der Waals surface area contributed by atoms with Crippen molar-refractivity contribution in [2.75, 3.05) is 0 Å². The van der Waals surface area contributed by atoms with Gasteiger partial charge in [0, 0.05) is 9.50 Å². The molecule has 94 valence electrons. The van der Waals surface area contributed by atoms with Gasteiger partial charge in [-0.2, -0.15) is 0 Å². The first-order valence-corrected chi connectivity index (χ1v) is 7.43. The van der Waals surface area contributed by atoms with Gasteiger partial charge in [-0.05, 0) is 41.8 Å². The molecular weight excluding hydrogens is 382 g/mol. The standard InChI is InChI=1S/C14H10Br2ClF/c1-8-6-11(12(17)7-13(8)18)14(16)9-2-4-10(15)5-3-9/h2-7,14H,1H3. The Bertz CT molecular complexity index is 567. The van der Waals surface area contributed by atoms with Crippen LogP contribution in [-0.4, -0.2) is 0 Å². The summed E-state index contributed by atoms with van der Waals surface area (Å²) in [4.78, 5) is -0.0441. The van der Waals surface area contributed by atoms with Crippen molar-refractivity contribution in [2.45, 2.75) is 11.8 Å². The Morgan fingerprint density at radius 3 is 2.39 bits per heavy atom. The zero-order chi connectivity index (χ0) is 13.3. The van der Waals surface area contributed by atoms with E-state index in [0.717, 1.165) is 15.6 Å². The van der Waals surface area contributed by atoms with Gasteiger partial charge < -0.3 is 0 Å². The molecule has 4 heteroatoms. The zero-order valence-electron chi connectivity index (χ0n) is 9.55. The minimum absolute atomic E-state index is 0.0441. The van der Waals surface area contributed by atoms with Crippen LogP contribution in [0, 0.1) is 12.7 Å². The fraction of sp³-hybridized carbons (Fsp3) is 0.143. The normalized spacial score (nSPS) is 12.5. The predicted octanol–water partition coefficient (Wildman–Crippen LogP) is 6.03. The molecule has 0 bridgehead atoms. The number of aryl methyl sites for hydroxylation is 1. The molecule has 0 saturated heterocycles. The van der Waals surface area contributed by atoms with E-state index in [1.54, 1.807) is 13.0 Å². The average molecular weight is 392 g/mol. The molecule has 0 aliphatic rings. The Balaban J connectivity index is 2.42. The average Bonchev–Trinajstić information content (AvgIpc) is 2.34. The molecule has 0 nitrogen and oxygen atoms in total. The quantitative estimate of drug-likeness (QED) is 0.547. The highest BCUT2D eigenvalue weighted by Gasteiger charge is 2.15. The van der Waals surface area contributed by atoms with Crippen LogP contribution in [0.15, 0.2) is 40.9 Å². The Morgan fingerprint density at radius 2 is 1.78 bits per heavy atom. The summed E-state index contributed by atoms with van der Waals surface area (Å²) in [5.74, 6) is -0.278. The molecule has 2 aromatic carbocycles. The third-order valence-corrected chi connectivity index (χ3v) is 4.59. The van der Waals surface area contributed by atoms with Crippen molar-refractivity contribution in [3.8, 4) is 0 Å². The summed E-state index contributed by atoms with van der Waals surface area (Å²) in [6, 6.07) is 11.1. The number of benzene rings is 2. The first-order valence-electron chi connectivity index (χ1n) is 5.34. The van der Waals surface area contributed by atoms with E-state index in [0.29, 0.717) is 10.6 Å². The Kier molecular flexibility index (Phi) is 4.46. The van der Waals surface area contributed by atoms with Gasteiger partial charge in [0.15, 0.2) is 0 Å². The van der Waals surface area contributed by atoms with E-state index >= 15 is 0 Å². The summed E-state index contributed by atoms with van der Waals surface area (Å²) in [6.07, 6.45) is 0. The molecule has 0 heterocycles. The Hall–Kier alpha value is -0.380. The van der Waals surface area contributed by atoms with Crippen LogP contribution in [0.2, 0.25) is 5.02 Å². The topological polar surface area (TPSA) is 0 Å². The van der Waals surface area contributed by atoms with Crippen molar-refractivity contribution in [3.63, 3.8) is 0 Å². The van der Waals surface area contributed by atoms with Crippen LogP contribution in [0.1, 0.15) is 21.5 Å². The van der Waals surface area contributed by atoms with E-state index in [1.807, 2.05) is 24.3 Å². The highest BCUT2D eigenvalue weighted by molar-refractivity contribution is 9.10. The molecule has 0 fully saturated rings. The van der Waals surface area contributed by atoms with Crippen molar-refractivity contribution >= 4 is 43.5 Å². The molecule has 2 aromatic rings. The van der Waals surface area contributed by atoms with E-state index < -0.39 is 0 Å². The summed E-state index contributed by atoms with van der Waals surface area (Å²) in [5.41, 5.74) is 2.54. The number of alkyl halides is 1. The van der Waals surface area contributed by atoms with Gasteiger partial charge in [0.2, 0.25) is 0 Å². The number of hydrogen-bond acceptors (Lipinski definition) is 0. The second-order valence-electron chi connectivity index (χ2n) is 4.04. The first-order chi connectivity index (χ1) is 8.49. The van der Waals surface area contributed by atoms with Gasteiger partial charge in [-0.15, -0.1) is 0 Å². The van der Waals surface area contributed by atoms with E-state index in [-0.39, 0.29) is 10.6 Å². The fourth-order valence-corrected chi connectivity index (χ4v) is 3.02. The molecule has 1 atom stereocenters. The van der Waals surface area contributed by atoms with Crippen molar-refractivity contribution in [3.05, 3.63) is 68.4 Å². The highest BCUT2D eigenvalue weighted by atomic mass is 79.9. The van der Waals surface area contributed by atoms with Gasteiger partial charge >= 0.3 is 0 Å². The van der Waals surface area contributed by atoms with Crippen LogP contribution in [0.4, 0.5) is 4.39 Å². The minimum atomic E-state index is -0.278. The first kappa shape index (κ1) is 14.0. The summed E-state index contributed by atoms with van der Waals surface area (Å²) in [7, 11) is 0. The monoisotopic (exact) mass is 390 g/mol. The van der Waals surface area contributed by atoms with E-state index in [2.05, 4.69) is 31.9 Å². The maximum Gasteiger partial charge on any atom is 0.127 e. The highest BCUT2D eigenvalue weighted by Crippen LogP contribution is 2.36. The Morgan fingerprint density at radius 1 is 1.17 bits per heavy atom. The molecule has 0 aliphatic carbocycles. The second kappa shape index (κ2) is 5.72. The number of halogens is 4. The lowest BCUT2D eigenvalue weighted by Gasteiger charge is -2.14. The number of hydrogen-bond donors (Lipinski definition) is 0. The van der Waals surface area contributed by atoms with Crippen molar-refractivity contribution in [1.29, 1.82) is 0 Å². The molecule has 0 aromatic heterocycles. The molecule has 1 unspecified atom stereocenters. The third-order valence-electron chi connectivity index (χ3n) is 2.71. The van der Waals surface area contributed by atoms with Gasteiger partial charge in [0.1, 0.15) is 5.82 Å². The van der Waals surface area contributed by atoms with Gasteiger partial charge in [-0.1, -0.05) is 61.7 Å². The van der Waals surface area contributed by atoms with E-state index in [4.69, 9.17) is 11.6 Å². The lowest BCUT2D eigenvalue weighted by Crippen LogP contribution is -1.96. The third kappa shape index (κ3) is 2.95. The minimum Gasteiger partial charge on any atom is -0.207 e. The molecule has 0 spiro atoms. The number of rotatable bonds is 2. The van der Waals surface area contributed by atoms with Gasteiger partial charge in [0.05, 0.1) is 4.83 Å². The van der Waals surface area contributed by atoms with E-state index in [9.17, 15) is 4.39 Å². The molecule has 0 amide bonds. The summed E-state index contributed by atoms with van der Waals surface area (Å²) in [6.45, 7) is 1.73. The molecule has 0 aliphatic heterocycles. The van der Waals surface area contributed by atoms with Gasteiger partial charge in [0.25, 0.3) is 0 Å². The molecule has 0 radical (unpaired) electrons. The molecular formula is C14H10Br2ClF. The zero-order valence-corrected chi connectivity index (χ0v) is 13.5. The van der Waals surface area contributed by atoms with Crippen molar-refractivity contribution in [2.24, 2.45) is 0 Å². The molecule has 2 rings (SSSR count). The predicted molar refractivity (Wildman–Crippen MR) is 81.1 cm³/mol. The van der Waals surface area contributed by atoms with Crippen LogP contribution in [0.5, 0.6) is 0 Å². The molecule has 18 heavy (non-hydrogen) atoms. The summed E-state index contributed by atoms with van der Waals surface area (Å²) in [5, 5.41) is 0.433. The summed E-state index contributed by atoms with van der Waals surface area (Å²) < 4.78 is 14.4. The fourth-order valence-electron chi connectivity index (χ4n) is 1.69. The van der Waals surface area contributed by atoms with Gasteiger partial charge in [-0.25, -0.2) is 4.39 Å². The smallest absolute Gasteiger partial charge is 0.127 e. The van der Waals surface area contributed by atoms with Crippen molar-refractivity contribution in [1.82, 2.24) is 0 Å². The second-order valence-corrected chi connectivity index (χ2v) is 6.28. The van der Waals surface area contributed by atoms with Gasteiger partial charge in [-0.3, -0.25) is 0 Å². The van der Waals surface area contributed by atoms with Crippen LogP contribution in [0.25, 0.3) is 0 Å². The van der Waals surface area contributed by atoms with Crippen LogP contribution in [-0.2, 0) is 0 Å². The lowest BCUT2D eigenvalue weighted by molar-refractivity contribution is 0.618. The van der Waals surface area contributed by atoms with E-state index in [1.165, 1.54) is 6.07 Å². The maximum atomic E-state index is 13.4.